The van der Waals surface area contributed by atoms with Crippen molar-refractivity contribution in [1.82, 2.24) is 0 Å². The summed E-state index contributed by atoms with van der Waals surface area (Å²) >= 11 is -4.68. The van der Waals surface area contributed by atoms with Gasteiger partial charge in [0.25, 0.3) is 0 Å². The van der Waals surface area contributed by atoms with Crippen LogP contribution in [0.4, 0.5) is 13.2 Å². The van der Waals surface area contributed by atoms with Crippen molar-refractivity contribution in [3.8, 4) is 0 Å². The van der Waals surface area contributed by atoms with E-state index in [4.69, 9.17) is 2.26 Å². The Hall–Kier alpha value is -1.28. The van der Waals surface area contributed by atoms with Gasteiger partial charge in [-0.1, -0.05) is 0 Å². The van der Waals surface area contributed by atoms with Crippen LogP contribution < -0.4 is 0 Å². The van der Waals surface area contributed by atoms with Crippen molar-refractivity contribution in [3.05, 3.63) is 82.9 Å². The minimum atomic E-state index is -5.73. The van der Waals surface area contributed by atoms with Crippen molar-refractivity contribution in [2.45, 2.75) is 25.9 Å². The molecule has 0 saturated carbocycles. The van der Waals surface area contributed by atoms with Crippen LogP contribution in [0.5, 0.6) is 0 Å². The molecule has 2 aliphatic carbocycles. The molecule has 0 bridgehead atoms. The van der Waals surface area contributed by atoms with E-state index in [0.29, 0.717) is 0 Å². The third-order valence-electron chi connectivity index (χ3n) is 5.84. The summed E-state index contributed by atoms with van der Waals surface area (Å²) < 4.78 is 69.9. The van der Waals surface area contributed by atoms with Crippen LogP contribution in [-0.2, 0) is 31.7 Å². The van der Waals surface area contributed by atoms with E-state index in [1.54, 1.807) is 0 Å². The molecule has 0 heterocycles. The molecule has 2 aromatic carbocycles. The predicted molar refractivity (Wildman–Crippen MR) is 110 cm³/mol. The third-order valence-corrected chi connectivity index (χ3v) is 35.8. The second kappa shape index (κ2) is 7.69. The summed E-state index contributed by atoms with van der Waals surface area (Å²) in [5.74, 6) is 0. The zero-order valence-electron chi connectivity index (χ0n) is 16.3. The monoisotopic (exact) mass is 527 g/mol. The van der Waals surface area contributed by atoms with Crippen LogP contribution in [0.2, 0.25) is 13.1 Å². The standard InChI is InChI=1S/2C9H7.C2H6Si.CHF3O3S.Zr/c2*1-2-5-9-7-3-6-8(9)4-1;1-3-2;2-1(3,4)8(5,6)7;/h2*1-7H;1-2H3;(H,5,6,7);/q;;;;+1/p-1. The van der Waals surface area contributed by atoms with Gasteiger partial charge in [0.15, 0.2) is 0 Å². The number of rotatable bonds is 4. The molecule has 0 spiro atoms. The normalized spacial score (nSPS) is 21.9. The zero-order chi connectivity index (χ0) is 21.7. The molecule has 30 heavy (non-hydrogen) atoms. The fourth-order valence-corrected chi connectivity index (χ4v) is 36.1. The Bertz CT molecular complexity index is 1160. The zero-order valence-corrected chi connectivity index (χ0v) is 20.6. The molecule has 2 atom stereocenters. The molecule has 157 valence electrons. The van der Waals surface area contributed by atoms with Gasteiger partial charge in [-0.25, -0.2) is 0 Å². The van der Waals surface area contributed by atoms with Crippen LogP contribution in [0.3, 0.4) is 0 Å². The summed E-state index contributed by atoms with van der Waals surface area (Å²) in [7, 11) is -5.73. The quantitative estimate of drug-likeness (QED) is 0.377. The van der Waals surface area contributed by atoms with Gasteiger partial charge >= 0.3 is 180 Å². The fourth-order valence-electron chi connectivity index (χ4n) is 4.48. The van der Waals surface area contributed by atoms with Crippen molar-refractivity contribution in [2.24, 2.45) is 0 Å². The Morgan fingerprint density at radius 3 is 1.70 bits per heavy atom. The molecule has 0 N–H and O–H groups in total. The van der Waals surface area contributed by atoms with E-state index in [2.05, 4.69) is 0 Å². The van der Waals surface area contributed by atoms with Crippen LogP contribution in [-0.4, -0.2) is 19.4 Å². The first-order valence-electron chi connectivity index (χ1n) is 9.45. The van der Waals surface area contributed by atoms with Crippen molar-refractivity contribution in [3.63, 3.8) is 0 Å². The Morgan fingerprint density at radius 1 is 0.867 bits per heavy atom. The van der Waals surface area contributed by atoms with Crippen molar-refractivity contribution < 1.29 is 43.2 Å². The average molecular weight is 529 g/mol. The third kappa shape index (κ3) is 3.44. The van der Waals surface area contributed by atoms with Crippen LogP contribution >= 0.6 is 0 Å². The van der Waals surface area contributed by atoms with Gasteiger partial charge < -0.3 is 0 Å². The van der Waals surface area contributed by atoms with Gasteiger partial charge in [0.1, 0.15) is 0 Å². The Kier molecular flexibility index (Phi) is 5.62. The molecule has 9 heteroatoms. The Labute approximate surface area is 178 Å². The van der Waals surface area contributed by atoms with Gasteiger partial charge in [0.05, 0.1) is 0 Å². The van der Waals surface area contributed by atoms with E-state index >= 15 is 0 Å². The fraction of sp³-hybridized carbons (Fsp3) is 0.238. The molecule has 0 radical (unpaired) electrons. The summed E-state index contributed by atoms with van der Waals surface area (Å²) in [6.45, 7) is 3.80. The summed E-state index contributed by atoms with van der Waals surface area (Å²) in [6, 6.07) is 15.0. The van der Waals surface area contributed by atoms with Gasteiger partial charge in [0.2, 0.25) is 0 Å². The van der Waals surface area contributed by atoms with Crippen LogP contribution in [0.25, 0.3) is 12.2 Å². The van der Waals surface area contributed by atoms with E-state index in [1.165, 1.54) is 0 Å². The number of halogens is 3. The second-order valence-corrected chi connectivity index (χ2v) is 31.4. The first-order chi connectivity index (χ1) is 14.1. The number of benzene rings is 2. The molecule has 2 aromatic rings. The topological polar surface area (TPSA) is 43.4 Å². The summed E-state index contributed by atoms with van der Waals surface area (Å²) in [4.78, 5) is 0. The molecule has 0 fully saturated rings. The molecular formula is C21H20F3O3SSiZr. The summed E-state index contributed by atoms with van der Waals surface area (Å²) in [6.07, 6.45) is 7.51. The van der Waals surface area contributed by atoms with Crippen molar-refractivity contribution >= 4 is 27.7 Å². The molecule has 2 unspecified atom stereocenters. The molecule has 3 nitrogen and oxygen atoms in total. The number of fused-ring (bicyclic) bond motifs is 2. The average Bonchev–Trinajstić information content (AvgIpc) is 3.30. The van der Waals surface area contributed by atoms with E-state index in [9.17, 15) is 21.6 Å². The molecule has 2 aliphatic rings. The second-order valence-electron chi connectivity index (χ2n) is 7.71. The summed E-state index contributed by atoms with van der Waals surface area (Å²) in [5, 5.41) is 0. The van der Waals surface area contributed by atoms with Gasteiger partial charge in [-0.3, -0.25) is 0 Å². The van der Waals surface area contributed by atoms with Crippen LogP contribution in [0, 0.1) is 0 Å². The molecule has 0 amide bonds. The SMILES string of the molecule is C[Si](C)=[Zr]([O]S(=O)(=O)C(F)(F)F)([CH]1C=Cc2ccccc21)[CH]1C=Cc2ccccc21. The molecule has 4 rings (SSSR count). The molecule has 0 aliphatic heterocycles. The molecule has 0 saturated heterocycles. The minimum absolute atomic E-state index is 0.419. The van der Waals surface area contributed by atoms with Crippen molar-refractivity contribution in [1.29, 1.82) is 0 Å². The van der Waals surface area contributed by atoms with Gasteiger partial charge in [-0.15, -0.1) is 0 Å². The van der Waals surface area contributed by atoms with E-state index in [0.717, 1.165) is 22.3 Å². The number of hydrogen-bond acceptors (Lipinski definition) is 3. The van der Waals surface area contributed by atoms with Crippen molar-refractivity contribution in [2.75, 3.05) is 0 Å². The first-order valence-corrected chi connectivity index (χ1v) is 20.9. The summed E-state index contributed by atoms with van der Waals surface area (Å²) in [5.41, 5.74) is -3.45. The number of allylic oxidation sites excluding steroid dienone is 2. The van der Waals surface area contributed by atoms with E-state index < -0.39 is 47.6 Å². The Balaban J connectivity index is 2.00. The molecule has 0 aromatic heterocycles. The number of hydrogen-bond donors (Lipinski definition) is 0. The van der Waals surface area contributed by atoms with Crippen LogP contribution in [0.15, 0.2) is 60.7 Å². The van der Waals surface area contributed by atoms with Gasteiger partial charge in [0, 0.05) is 0 Å². The van der Waals surface area contributed by atoms with E-state index in [1.807, 2.05) is 85.9 Å². The maximum atomic E-state index is 13.5. The van der Waals surface area contributed by atoms with Gasteiger partial charge in [-0.05, 0) is 0 Å². The van der Waals surface area contributed by atoms with Crippen LogP contribution in [0.1, 0.15) is 29.5 Å². The maximum absolute atomic E-state index is 13.5. The predicted octanol–water partition coefficient (Wildman–Crippen LogP) is 5.71. The Morgan fingerprint density at radius 2 is 1.30 bits per heavy atom. The van der Waals surface area contributed by atoms with E-state index in [-0.39, 0.29) is 0 Å². The molecular weight excluding hydrogens is 509 g/mol. The number of alkyl halides is 3. The van der Waals surface area contributed by atoms with Gasteiger partial charge in [-0.2, -0.15) is 0 Å². The first kappa shape index (κ1) is 21.9.